The van der Waals surface area contributed by atoms with Gasteiger partial charge in [-0.3, -0.25) is 14.8 Å². The number of aromatic nitrogens is 2. The van der Waals surface area contributed by atoms with Gasteiger partial charge < -0.3 is 10.2 Å². The van der Waals surface area contributed by atoms with Gasteiger partial charge in [0.2, 0.25) is 0 Å². The van der Waals surface area contributed by atoms with E-state index in [4.69, 9.17) is 0 Å². The second-order valence-corrected chi connectivity index (χ2v) is 11.2. The Morgan fingerprint density at radius 3 is 2.59 bits per heavy atom. The van der Waals surface area contributed by atoms with Crippen molar-refractivity contribution < 1.29 is 15.0 Å². The van der Waals surface area contributed by atoms with Crippen LogP contribution >= 0.6 is 0 Å². The lowest BCUT2D eigenvalue weighted by molar-refractivity contribution is -0.136. The molecule has 0 aliphatic heterocycles. The van der Waals surface area contributed by atoms with Crippen molar-refractivity contribution in [1.29, 1.82) is 0 Å². The van der Waals surface area contributed by atoms with Crippen molar-refractivity contribution in [1.82, 2.24) is 9.97 Å². The van der Waals surface area contributed by atoms with Gasteiger partial charge in [0, 0.05) is 12.4 Å². The standard InChI is InChI=1S/C27H36N2O3/c1-4-16-11-18-14-19(30)5-7-26(18,2)20-6-8-27(3)21(24(16)20)12-17(13-23(31)32)25(27)22-15-28-9-10-29-22/h9-11,15-16,19-21,24,30H,4-8,12-14H2,1-3H3,(H,31,32)/t16?,19?,20-,21+,24-,26+,27+/m1/s1. The third-order valence-electron chi connectivity index (χ3n) is 9.68. The van der Waals surface area contributed by atoms with Crippen molar-refractivity contribution in [3.8, 4) is 0 Å². The molecule has 32 heavy (non-hydrogen) atoms. The molecule has 2 N–H and O–H groups in total. The Hall–Kier alpha value is -2.01. The Morgan fingerprint density at radius 1 is 1.12 bits per heavy atom. The van der Waals surface area contributed by atoms with Crippen molar-refractivity contribution in [3.63, 3.8) is 0 Å². The summed E-state index contributed by atoms with van der Waals surface area (Å²) >= 11 is 0. The number of aliphatic hydroxyl groups is 1. The molecule has 2 saturated carbocycles. The minimum atomic E-state index is -0.758. The highest BCUT2D eigenvalue weighted by atomic mass is 16.4. The van der Waals surface area contributed by atoms with Crippen LogP contribution in [0.2, 0.25) is 0 Å². The predicted molar refractivity (Wildman–Crippen MR) is 123 cm³/mol. The van der Waals surface area contributed by atoms with Crippen LogP contribution in [0.25, 0.3) is 5.57 Å². The molecule has 1 heterocycles. The molecule has 4 aliphatic carbocycles. The lowest BCUT2D eigenvalue weighted by Crippen LogP contribution is -2.52. The molecular weight excluding hydrogens is 400 g/mol. The number of aliphatic hydroxyl groups excluding tert-OH is 1. The molecule has 4 aliphatic rings. The SMILES string of the molecule is CCC1C=C2CC(O)CC[C@]2(C)[C@@H]2CC[C@]3(C)C(c4cnccn4)=C(CC(=O)O)C[C@H]3[C@H]12. The monoisotopic (exact) mass is 436 g/mol. The highest BCUT2D eigenvalue weighted by molar-refractivity contribution is 5.80. The smallest absolute Gasteiger partial charge is 0.307 e. The molecular formula is C27H36N2O3. The minimum Gasteiger partial charge on any atom is -0.481 e. The zero-order valence-corrected chi connectivity index (χ0v) is 19.6. The Balaban J connectivity index is 1.59. The molecule has 2 fully saturated rings. The molecule has 7 atom stereocenters. The number of hydrogen-bond acceptors (Lipinski definition) is 4. The normalized spacial score (nSPS) is 40.9. The minimum absolute atomic E-state index is 0.0642. The van der Waals surface area contributed by atoms with E-state index in [2.05, 4.69) is 36.8 Å². The summed E-state index contributed by atoms with van der Waals surface area (Å²) < 4.78 is 0. The number of rotatable bonds is 4. The van der Waals surface area contributed by atoms with E-state index < -0.39 is 5.97 Å². The van der Waals surface area contributed by atoms with E-state index in [1.54, 1.807) is 12.4 Å². The lowest BCUT2D eigenvalue weighted by Gasteiger charge is -2.59. The molecule has 0 saturated heterocycles. The first kappa shape index (κ1) is 21.8. The van der Waals surface area contributed by atoms with Crippen LogP contribution in [0, 0.1) is 34.5 Å². The molecule has 1 aromatic heterocycles. The van der Waals surface area contributed by atoms with Gasteiger partial charge in [0.05, 0.1) is 24.4 Å². The highest BCUT2D eigenvalue weighted by Crippen LogP contribution is 2.68. The fourth-order valence-electron chi connectivity index (χ4n) is 8.22. The molecule has 1 aromatic rings. The molecule has 0 amide bonds. The second kappa shape index (κ2) is 7.79. The van der Waals surface area contributed by atoms with E-state index in [9.17, 15) is 15.0 Å². The van der Waals surface area contributed by atoms with E-state index in [1.807, 2.05) is 6.20 Å². The first-order valence-corrected chi connectivity index (χ1v) is 12.4. The van der Waals surface area contributed by atoms with Crippen LogP contribution < -0.4 is 0 Å². The fourth-order valence-corrected chi connectivity index (χ4v) is 8.22. The van der Waals surface area contributed by atoms with Crippen molar-refractivity contribution in [2.45, 2.75) is 78.2 Å². The quantitative estimate of drug-likeness (QED) is 0.628. The van der Waals surface area contributed by atoms with Gasteiger partial charge >= 0.3 is 5.97 Å². The predicted octanol–water partition coefficient (Wildman–Crippen LogP) is 5.27. The fraction of sp³-hybridized carbons (Fsp3) is 0.667. The zero-order valence-electron chi connectivity index (χ0n) is 19.6. The van der Waals surface area contributed by atoms with Crippen LogP contribution in [0.15, 0.2) is 35.8 Å². The Labute approximate surface area is 191 Å². The van der Waals surface area contributed by atoms with Gasteiger partial charge in [-0.2, -0.15) is 0 Å². The summed E-state index contributed by atoms with van der Waals surface area (Å²) in [5.41, 5.74) is 4.66. The molecule has 5 nitrogen and oxygen atoms in total. The summed E-state index contributed by atoms with van der Waals surface area (Å²) in [5, 5.41) is 20.1. The summed E-state index contributed by atoms with van der Waals surface area (Å²) in [4.78, 5) is 20.8. The van der Waals surface area contributed by atoms with E-state index in [0.717, 1.165) is 61.8 Å². The average molecular weight is 437 g/mol. The Kier molecular flexibility index (Phi) is 5.31. The number of allylic oxidation sites excluding steroid dienone is 2. The number of hydrogen-bond donors (Lipinski definition) is 2. The van der Waals surface area contributed by atoms with Crippen LogP contribution in [-0.4, -0.2) is 32.3 Å². The van der Waals surface area contributed by atoms with E-state index >= 15 is 0 Å². The number of carboxylic acids is 1. The zero-order chi connectivity index (χ0) is 22.7. The highest BCUT2D eigenvalue weighted by Gasteiger charge is 2.60. The Bertz CT molecular complexity index is 970. The van der Waals surface area contributed by atoms with Gasteiger partial charge in [0.25, 0.3) is 0 Å². The number of fused-ring (bicyclic) bond motifs is 5. The van der Waals surface area contributed by atoms with Crippen LogP contribution in [0.3, 0.4) is 0 Å². The van der Waals surface area contributed by atoms with Gasteiger partial charge in [-0.25, -0.2) is 0 Å². The third kappa shape index (κ3) is 3.19. The van der Waals surface area contributed by atoms with E-state index in [0.29, 0.717) is 23.7 Å². The van der Waals surface area contributed by atoms with E-state index in [1.165, 1.54) is 5.57 Å². The number of nitrogens with zero attached hydrogens (tertiary/aromatic N) is 2. The summed E-state index contributed by atoms with van der Waals surface area (Å²) in [6.07, 6.45) is 14.6. The summed E-state index contributed by atoms with van der Waals surface area (Å²) in [6, 6.07) is 0. The van der Waals surface area contributed by atoms with Crippen LogP contribution in [-0.2, 0) is 4.79 Å². The topological polar surface area (TPSA) is 83.3 Å². The summed E-state index contributed by atoms with van der Waals surface area (Å²) in [5.74, 6) is 1.31. The van der Waals surface area contributed by atoms with Crippen molar-refractivity contribution in [3.05, 3.63) is 41.5 Å². The maximum absolute atomic E-state index is 11.8. The first-order chi connectivity index (χ1) is 15.3. The number of carboxylic acid groups (broad SMARTS) is 1. The molecule has 172 valence electrons. The number of aliphatic carboxylic acids is 1. The maximum atomic E-state index is 11.8. The molecule has 5 heteroatoms. The molecule has 2 unspecified atom stereocenters. The largest absolute Gasteiger partial charge is 0.481 e. The van der Waals surface area contributed by atoms with Crippen molar-refractivity contribution in [2.75, 3.05) is 0 Å². The molecule has 0 aromatic carbocycles. The van der Waals surface area contributed by atoms with Crippen LogP contribution in [0.5, 0.6) is 0 Å². The molecule has 0 spiro atoms. The first-order valence-electron chi connectivity index (χ1n) is 12.4. The Morgan fingerprint density at radius 2 is 1.91 bits per heavy atom. The second-order valence-electron chi connectivity index (χ2n) is 11.2. The van der Waals surface area contributed by atoms with Crippen molar-refractivity contribution >= 4 is 11.5 Å². The molecule has 5 rings (SSSR count). The van der Waals surface area contributed by atoms with E-state index in [-0.39, 0.29) is 23.4 Å². The van der Waals surface area contributed by atoms with Gasteiger partial charge in [0.15, 0.2) is 0 Å². The van der Waals surface area contributed by atoms with Crippen LogP contribution in [0.4, 0.5) is 0 Å². The maximum Gasteiger partial charge on any atom is 0.307 e. The number of carbonyl (C=O) groups is 1. The molecule has 0 bridgehead atoms. The summed E-state index contributed by atoms with van der Waals surface area (Å²) in [7, 11) is 0. The average Bonchev–Trinajstić information content (AvgIpc) is 3.05. The summed E-state index contributed by atoms with van der Waals surface area (Å²) in [6.45, 7) is 7.10. The van der Waals surface area contributed by atoms with Crippen molar-refractivity contribution in [2.24, 2.45) is 34.5 Å². The molecule has 0 radical (unpaired) electrons. The van der Waals surface area contributed by atoms with Gasteiger partial charge in [-0.15, -0.1) is 0 Å². The van der Waals surface area contributed by atoms with Gasteiger partial charge in [-0.05, 0) is 85.0 Å². The third-order valence-corrected chi connectivity index (χ3v) is 9.68. The van der Waals surface area contributed by atoms with Crippen LogP contribution in [0.1, 0.15) is 77.8 Å². The van der Waals surface area contributed by atoms with Gasteiger partial charge in [-0.1, -0.05) is 38.0 Å². The lowest BCUT2D eigenvalue weighted by atomic mass is 9.45. The van der Waals surface area contributed by atoms with Gasteiger partial charge in [0.1, 0.15) is 0 Å².